The fourth-order valence-corrected chi connectivity index (χ4v) is 3.54. The second kappa shape index (κ2) is 6.95. The summed E-state index contributed by atoms with van der Waals surface area (Å²) in [5, 5.41) is 9.76. The number of ether oxygens (including phenoxy) is 1. The summed E-state index contributed by atoms with van der Waals surface area (Å²) in [6.45, 7) is 2.65. The van der Waals surface area contributed by atoms with E-state index < -0.39 is 0 Å². The number of hydrogen-bond donors (Lipinski definition) is 1. The second-order valence-corrected chi connectivity index (χ2v) is 5.21. The normalized spacial score (nSPS) is 21.7. The lowest BCUT2D eigenvalue weighted by Crippen LogP contribution is -2.39. The average molecular weight is 223 g/mol. The van der Waals surface area contributed by atoms with Gasteiger partial charge in [0.05, 0.1) is 6.61 Å². The molecule has 0 amide bonds. The molecule has 13 heavy (non-hydrogen) atoms. The molecule has 3 nitrogen and oxygen atoms in total. The Balaban J connectivity index is 2.26. The third-order valence-corrected chi connectivity index (χ3v) is 4.43. The maximum atomic E-state index is 8.56. The van der Waals surface area contributed by atoms with E-state index in [0.717, 1.165) is 18.2 Å². The van der Waals surface area contributed by atoms with Crippen LogP contribution in [0.5, 0.6) is 0 Å². The Labute approximate surface area is 88.2 Å². The summed E-state index contributed by atoms with van der Waals surface area (Å²) in [6.07, 6.45) is 1.08. The van der Waals surface area contributed by atoms with Gasteiger partial charge in [-0.3, -0.25) is 4.90 Å². The van der Waals surface area contributed by atoms with Crippen LogP contribution in [0.15, 0.2) is 0 Å². The molecule has 0 aromatic rings. The Kier molecular flexibility index (Phi) is 6.23. The Bertz CT molecular complexity index is 131. The molecule has 1 aliphatic rings. The predicted octanol–water partition coefficient (Wildman–Crippen LogP) is 1.39. The van der Waals surface area contributed by atoms with Gasteiger partial charge in [-0.25, -0.2) is 0 Å². The monoisotopic (exact) mass is 223 g/mol. The molecule has 1 atom stereocenters. The van der Waals surface area contributed by atoms with Crippen molar-refractivity contribution >= 4 is 23.5 Å². The molecular formula is C8H17NO2S2. The summed E-state index contributed by atoms with van der Waals surface area (Å²) in [4.78, 5) is 2.41. The molecular weight excluding hydrogens is 206 g/mol. The van der Waals surface area contributed by atoms with E-state index in [1.165, 1.54) is 5.08 Å². The van der Waals surface area contributed by atoms with E-state index in [9.17, 15) is 0 Å². The Morgan fingerprint density at radius 3 is 2.69 bits per heavy atom. The van der Waals surface area contributed by atoms with Crippen molar-refractivity contribution in [3.63, 3.8) is 0 Å². The van der Waals surface area contributed by atoms with Gasteiger partial charge in [-0.15, -0.1) is 23.5 Å². The van der Waals surface area contributed by atoms with Crippen LogP contribution in [0, 0.1) is 0 Å². The van der Waals surface area contributed by atoms with Crippen LogP contribution in [0.4, 0.5) is 0 Å². The van der Waals surface area contributed by atoms with Crippen LogP contribution in [-0.2, 0) is 4.74 Å². The van der Waals surface area contributed by atoms with Gasteiger partial charge in [0, 0.05) is 22.9 Å². The van der Waals surface area contributed by atoms with Crippen molar-refractivity contribution in [2.24, 2.45) is 0 Å². The van der Waals surface area contributed by atoms with Crippen molar-refractivity contribution in [2.75, 3.05) is 30.2 Å². The van der Waals surface area contributed by atoms with E-state index >= 15 is 0 Å². The predicted molar refractivity (Wildman–Crippen MR) is 58.7 cm³/mol. The Morgan fingerprint density at radius 2 is 2.15 bits per heavy atom. The first kappa shape index (κ1) is 11.7. The number of rotatable bonds is 5. The molecule has 1 heterocycles. The molecule has 0 aliphatic carbocycles. The maximum absolute atomic E-state index is 8.56. The van der Waals surface area contributed by atoms with Crippen LogP contribution in [-0.4, -0.2) is 46.3 Å². The van der Waals surface area contributed by atoms with Gasteiger partial charge >= 0.3 is 0 Å². The number of aliphatic hydroxyl groups is 1. The highest BCUT2D eigenvalue weighted by atomic mass is 32.2. The van der Waals surface area contributed by atoms with Gasteiger partial charge in [-0.1, -0.05) is 6.92 Å². The number of aliphatic hydroxyl groups excluding tert-OH is 1. The highest BCUT2D eigenvalue weighted by molar-refractivity contribution is 8.16. The zero-order chi connectivity index (χ0) is 9.52. The van der Waals surface area contributed by atoms with E-state index in [0.29, 0.717) is 12.6 Å². The topological polar surface area (TPSA) is 32.7 Å². The number of hydrogen-bond acceptors (Lipinski definition) is 5. The van der Waals surface area contributed by atoms with Crippen LogP contribution in [0.2, 0.25) is 0 Å². The first-order valence-corrected chi connectivity index (χ1v) is 6.77. The molecule has 1 saturated heterocycles. The van der Waals surface area contributed by atoms with Gasteiger partial charge in [0.2, 0.25) is 0 Å². The summed E-state index contributed by atoms with van der Waals surface area (Å²) in [6, 6.07) is 0.465. The van der Waals surface area contributed by atoms with E-state index in [-0.39, 0.29) is 6.79 Å². The third kappa shape index (κ3) is 4.08. The first-order valence-electron chi connectivity index (χ1n) is 4.46. The fraction of sp³-hybridized carbons (Fsp3) is 1.00. The summed E-state index contributed by atoms with van der Waals surface area (Å²) < 4.78 is 5.04. The van der Waals surface area contributed by atoms with Gasteiger partial charge in [0.25, 0.3) is 0 Å². The minimum absolute atomic E-state index is 0.162. The molecule has 1 N–H and O–H groups in total. The molecule has 1 fully saturated rings. The minimum Gasteiger partial charge on any atom is -0.371 e. The quantitative estimate of drug-likeness (QED) is 0.712. The molecule has 0 spiro atoms. The lowest BCUT2D eigenvalue weighted by atomic mass is 10.2. The van der Waals surface area contributed by atoms with Crippen molar-refractivity contribution in [3.8, 4) is 0 Å². The largest absolute Gasteiger partial charge is 0.371 e. The van der Waals surface area contributed by atoms with Crippen LogP contribution in [0.25, 0.3) is 0 Å². The van der Waals surface area contributed by atoms with Crippen LogP contribution in [0.1, 0.15) is 13.3 Å². The Morgan fingerprint density at radius 1 is 1.46 bits per heavy atom. The highest BCUT2D eigenvalue weighted by Gasteiger charge is 2.19. The standard InChI is InChI=1S/C8H17NO2S2/c1-2-8(3-11-6-10)9-4-12-7-13-5-9/h8,10H,2-7H2,1H3/t8-/m1/s1. The smallest absolute Gasteiger partial charge is 0.143 e. The van der Waals surface area contributed by atoms with E-state index in [2.05, 4.69) is 11.8 Å². The van der Waals surface area contributed by atoms with Gasteiger partial charge in [-0.05, 0) is 6.42 Å². The SMILES string of the molecule is CC[C@H](COCO)N1CSCSC1. The average Bonchev–Trinajstić information content (AvgIpc) is 2.21. The summed E-state index contributed by atoms with van der Waals surface area (Å²) >= 11 is 3.90. The van der Waals surface area contributed by atoms with Gasteiger partial charge in [0.15, 0.2) is 0 Å². The van der Waals surface area contributed by atoms with Crippen molar-refractivity contribution in [1.82, 2.24) is 4.90 Å². The highest BCUT2D eigenvalue weighted by Crippen LogP contribution is 2.24. The van der Waals surface area contributed by atoms with Crippen molar-refractivity contribution < 1.29 is 9.84 Å². The maximum Gasteiger partial charge on any atom is 0.143 e. The molecule has 0 bridgehead atoms. The molecule has 0 saturated carbocycles. The van der Waals surface area contributed by atoms with Gasteiger partial charge in [0.1, 0.15) is 6.79 Å². The first-order chi connectivity index (χ1) is 6.38. The minimum atomic E-state index is -0.162. The molecule has 0 aromatic carbocycles. The number of nitrogens with zero attached hydrogens (tertiary/aromatic N) is 1. The van der Waals surface area contributed by atoms with Gasteiger partial charge < -0.3 is 9.84 Å². The number of thioether (sulfide) groups is 2. The molecule has 0 unspecified atom stereocenters. The summed E-state index contributed by atoms with van der Waals surface area (Å²) in [7, 11) is 0. The second-order valence-electron chi connectivity index (χ2n) is 2.94. The van der Waals surface area contributed by atoms with Crippen LogP contribution < -0.4 is 0 Å². The van der Waals surface area contributed by atoms with Crippen LogP contribution in [0.3, 0.4) is 0 Å². The fourth-order valence-electron chi connectivity index (χ4n) is 1.29. The molecule has 5 heteroatoms. The van der Waals surface area contributed by atoms with E-state index in [1.807, 2.05) is 23.5 Å². The summed E-state index contributed by atoms with van der Waals surface area (Å²) in [5.41, 5.74) is 0. The Hall–Kier alpha value is 0.580. The summed E-state index contributed by atoms with van der Waals surface area (Å²) in [5.74, 6) is 2.20. The third-order valence-electron chi connectivity index (χ3n) is 2.07. The van der Waals surface area contributed by atoms with Crippen molar-refractivity contribution in [3.05, 3.63) is 0 Å². The zero-order valence-electron chi connectivity index (χ0n) is 7.94. The van der Waals surface area contributed by atoms with Crippen molar-refractivity contribution in [1.29, 1.82) is 0 Å². The van der Waals surface area contributed by atoms with Gasteiger partial charge in [-0.2, -0.15) is 0 Å². The molecule has 0 radical (unpaired) electrons. The molecule has 78 valence electrons. The van der Waals surface area contributed by atoms with E-state index in [1.54, 1.807) is 0 Å². The molecule has 0 aromatic heterocycles. The molecule has 1 aliphatic heterocycles. The zero-order valence-corrected chi connectivity index (χ0v) is 9.57. The van der Waals surface area contributed by atoms with Crippen molar-refractivity contribution in [2.45, 2.75) is 19.4 Å². The van der Waals surface area contributed by atoms with E-state index in [4.69, 9.17) is 9.84 Å². The lowest BCUT2D eigenvalue weighted by Gasteiger charge is -2.32. The molecule has 1 rings (SSSR count). The van der Waals surface area contributed by atoms with Crippen LogP contribution >= 0.6 is 23.5 Å². The lowest BCUT2D eigenvalue weighted by molar-refractivity contribution is -0.0249.